The molecule has 0 aliphatic carbocycles. The fourth-order valence-electron chi connectivity index (χ4n) is 1.42. The Hall–Kier alpha value is -1.77. The van der Waals surface area contributed by atoms with Gasteiger partial charge in [-0.15, -0.1) is 0 Å². The third-order valence-electron chi connectivity index (χ3n) is 2.30. The molecule has 0 fully saturated rings. The van der Waals surface area contributed by atoms with Crippen LogP contribution in [0.25, 0.3) is 5.69 Å². The SMILES string of the molecule is Cc1ccccc1-n1cc(N)c(C)n1. The monoisotopic (exact) mass is 187 g/mol. The molecule has 0 saturated carbocycles. The normalized spacial score (nSPS) is 10.4. The Bertz CT molecular complexity index is 438. The van der Waals surface area contributed by atoms with E-state index in [2.05, 4.69) is 18.1 Å². The van der Waals surface area contributed by atoms with Crippen LogP contribution in [0, 0.1) is 13.8 Å². The lowest BCUT2D eigenvalue weighted by molar-refractivity contribution is 0.856. The second-order valence-corrected chi connectivity index (χ2v) is 3.40. The highest BCUT2D eigenvalue weighted by atomic mass is 15.3. The van der Waals surface area contributed by atoms with Crippen LogP contribution in [0.1, 0.15) is 11.3 Å². The van der Waals surface area contributed by atoms with Crippen LogP contribution in [-0.4, -0.2) is 9.78 Å². The van der Waals surface area contributed by atoms with Crippen molar-refractivity contribution in [3.05, 3.63) is 41.7 Å². The molecular weight excluding hydrogens is 174 g/mol. The summed E-state index contributed by atoms with van der Waals surface area (Å²) in [5, 5.41) is 4.33. The zero-order chi connectivity index (χ0) is 10.1. The van der Waals surface area contributed by atoms with E-state index in [0.29, 0.717) is 0 Å². The van der Waals surface area contributed by atoms with Crippen LogP contribution in [0.4, 0.5) is 5.69 Å². The van der Waals surface area contributed by atoms with Crippen molar-refractivity contribution in [3.63, 3.8) is 0 Å². The molecular formula is C11H13N3. The number of hydrogen-bond acceptors (Lipinski definition) is 2. The van der Waals surface area contributed by atoms with Gasteiger partial charge in [0.25, 0.3) is 0 Å². The van der Waals surface area contributed by atoms with E-state index in [1.807, 2.05) is 36.0 Å². The first-order valence-electron chi connectivity index (χ1n) is 4.56. The number of aryl methyl sites for hydroxylation is 2. The van der Waals surface area contributed by atoms with E-state index in [0.717, 1.165) is 17.1 Å². The number of anilines is 1. The van der Waals surface area contributed by atoms with Gasteiger partial charge < -0.3 is 5.73 Å². The van der Waals surface area contributed by atoms with Gasteiger partial charge in [0, 0.05) is 0 Å². The third-order valence-corrected chi connectivity index (χ3v) is 2.30. The molecule has 1 aromatic carbocycles. The van der Waals surface area contributed by atoms with E-state index in [-0.39, 0.29) is 0 Å². The molecule has 0 atom stereocenters. The van der Waals surface area contributed by atoms with Crippen LogP contribution in [0.5, 0.6) is 0 Å². The van der Waals surface area contributed by atoms with Gasteiger partial charge in [0.2, 0.25) is 0 Å². The van der Waals surface area contributed by atoms with Gasteiger partial charge in [0.1, 0.15) is 0 Å². The van der Waals surface area contributed by atoms with E-state index >= 15 is 0 Å². The van der Waals surface area contributed by atoms with Gasteiger partial charge in [0.05, 0.1) is 23.3 Å². The summed E-state index contributed by atoms with van der Waals surface area (Å²) in [7, 11) is 0. The van der Waals surface area contributed by atoms with E-state index in [9.17, 15) is 0 Å². The molecule has 2 aromatic rings. The summed E-state index contributed by atoms with van der Waals surface area (Å²) in [6, 6.07) is 8.10. The summed E-state index contributed by atoms with van der Waals surface area (Å²) in [6.07, 6.45) is 1.84. The highest BCUT2D eigenvalue weighted by Crippen LogP contribution is 2.16. The van der Waals surface area contributed by atoms with Crippen molar-refractivity contribution in [1.29, 1.82) is 0 Å². The van der Waals surface area contributed by atoms with Crippen LogP contribution in [-0.2, 0) is 0 Å². The first-order chi connectivity index (χ1) is 6.68. The maximum atomic E-state index is 5.74. The summed E-state index contributed by atoms with van der Waals surface area (Å²) >= 11 is 0. The van der Waals surface area contributed by atoms with Crippen molar-refractivity contribution < 1.29 is 0 Å². The number of aromatic nitrogens is 2. The molecule has 1 heterocycles. The maximum Gasteiger partial charge on any atom is 0.0827 e. The molecule has 0 saturated heterocycles. The van der Waals surface area contributed by atoms with Gasteiger partial charge in [-0.3, -0.25) is 0 Å². The molecule has 2 rings (SSSR count). The highest BCUT2D eigenvalue weighted by molar-refractivity contribution is 5.46. The molecule has 14 heavy (non-hydrogen) atoms. The fourth-order valence-corrected chi connectivity index (χ4v) is 1.42. The number of rotatable bonds is 1. The molecule has 1 aromatic heterocycles. The van der Waals surface area contributed by atoms with Crippen molar-refractivity contribution in [2.45, 2.75) is 13.8 Å². The summed E-state index contributed by atoms with van der Waals surface area (Å²) in [5.74, 6) is 0. The topological polar surface area (TPSA) is 43.8 Å². The van der Waals surface area contributed by atoms with Crippen molar-refractivity contribution in [1.82, 2.24) is 9.78 Å². The first-order valence-corrected chi connectivity index (χ1v) is 4.56. The molecule has 2 N–H and O–H groups in total. The van der Waals surface area contributed by atoms with Crippen LogP contribution < -0.4 is 5.73 Å². The second kappa shape index (κ2) is 3.18. The predicted molar refractivity (Wildman–Crippen MR) is 57.5 cm³/mol. The molecule has 0 amide bonds. The van der Waals surface area contributed by atoms with Gasteiger partial charge in [-0.2, -0.15) is 5.10 Å². The van der Waals surface area contributed by atoms with Crippen molar-refractivity contribution >= 4 is 5.69 Å². The molecule has 0 aliphatic heterocycles. The second-order valence-electron chi connectivity index (χ2n) is 3.40. The quantitative estimate of drug-likeness (QED) is 0.742. The Kier molecular flexibility index (Phi) is 2.00. The standard InChI is InChI=1S/C11H13N3/c1-8-5-3-4-6-11(8)14-7-10(12)9(2)13-14/h3-7H,12H2,1-2H3. The van der Waals surface area contributed by atoms with Gasteiger partial charge in [0.15, 0.2) is 0 Å². The zero-order valence-corrected chi connectivity index (χ0v) is 8.36. The van der Waals surface area contributed by atoms with E-state index in [1.165, 1.54) is 5.56 Å². The Morgan fingerprint density at radius 1 is 1.21 bits per heavy atom. The maximum absolute atomic E-state index is 5.74. The lowest BCUT2D eigenvalue weighted by Crippen LogP contribution is -1.97. The summed E-state index contributed by atoms with van der Waals surface area (Å²) in [6.45, 7) is 3.96. The van der Waals surface area contributed by atoms with Crippen molar-refractivity contribution in [3.8, 4) is 5.69 Å². The van der Waals surface area contributed by atoms with E-state index in [4.69, 9.17) is 5.73 Å². The molecule has 0 spiro atoms. The highest BCUT2D eigenvalue weighted by Gasteiger charge is 2.04. The van der Waals surface area contributed by atoms with Gasteiger partial charge in [-0.1, -0.05) is 18.2 Å². The number of nitrogens with zero attached hydrogens (tertiary/aromatic N) is 2. The average Bonchev–Trinajstić information content (AvgIpc) is 2.48. The largest absolute Gasteiger partial charge is 0.396 e. The number of benzene rings is 1. The molecule has 0 aliphatic rings. The molecule has 0 unspecified atom stereocenters. The Balaban J connectivity index is 2.55. The fraction of sp³-hybridized carbons (Fsp3) is 0.182. The molecule has 0 radical (unpaired) electrons. The van der Waals surface area contributed by atoms with Gasteiger partial charge in [-0.05, 0) is 25.5 Å². The number of nitrogens with two attached hydrogens (primary N) is 1. The minimum absolute atomic E-state index is 0.730. The zero-order valence-electron chi connectivity index (χ0n) is 8.36. The lowest BCUT2D eigenvalue weighted by atomic mass is 10.2. The van der Waals surface area contributed by atoms with E-state index < -0.39 is 0 Å². The number of hydrogen-bond donors (Lipinski definition) is 1. The van der Waals surface area contributed by atoms with Crippen molar-refractivity contribution in [2.75, 3.05) is 5.73 Å². The Morgan fingerprint density at radius 2 is 1.93 bits per heavy atom. The van der Waals surface area contributed by atoms with E-state index in [1.54, 1.807) is 0 Å². The van der Waals surface area contributed by atoms with Gasteiger partial charge in [-0.25, -0.2) is 4.68 Å². The van der Waals surface area contributed by atoms with Crippen molar-refractivity contribution in [2.24, 2.45) is 0 Å². The minimum atomic E-state index is 0.730. The lowest BCUT2D eigenvalue weighted by Gasteiger charge is -2.03. The van der Waals surface area contributed by atoms with Crippen LogP contribution >= 0.6 is 0 Å². The van der Waals surface area contributed by atoms with Crippen LogP contribution in [0.15, 0.2) is 30.5 Å². The predicted octanol–water partition coefficient (Wildman–Crippen LogP) is 2.07. The first kappa shape index (κ1) is 8.81. The Morgan fingerprint density at radius 3 is 2.50 bits per heavy atom. The van der Waals surface area contributed by atoms with Gasteiger partial charge >= 0.3 is 0 Å². The van der Waals surface area contributed by atoms with Crippen LogP contribution in [0.3, 0.4) is 0 Å². The Labute approximate surface area is 83.2 Å². The third kappa shape index (κ3) is 1.37. The summed E-state index contributed by atoms with van der Waals surface area (Å²) in [4.78, 5) is 0. The summed E-state index contributed by atoms with van der Waals surface area (Å²) < 4.78 is 1.82. The smallest absolute Gasteiger partial charge is 0.0827 e. The number of para-hydroxylation sites is 1. The average molecular weight is 187 g/mol. The summed E-state index contributed by atoms with van der Waals surface area (Å²) in [5.41, 5.74) is 9.61. The molecule has 3 heteroatoms. The molecule has 3 nitrogen and oxygen atoms in total. The minimum Gasteiger partial charge on any atom is -0.396 e. The molecule has 0 bridgehead atoms. The van der Waals surface area contributed by atoms with Crippen LogP contribution in [0.2, 0.25) is 0 Å². The number of nitrogen functional groups attached to an aromatic ring is 1. The molecule has 72 valence electrons.